The van der Waals surface area contributed by atoms with E-state index in [1.54, 1.807) is 0 Å². The van der Waals surface area contributed by atoms with E-state index in [1.165, 1.54) is 12.8 Å². The van der Waals surface area contributed by atoms with E-state index in [9.17, 15) is 0 Å². The maximum Gasteiger partial charge on any atom is 0.139 e. The fourth-order valence-corrected chi connectivity index (χ4v) is 1.77. The summed E-state index contributed by atoms with van der Waals surface area (Å²) in [6, 6.07) is 0. The van der Waals surface area contributed by atoms with Gasteiger partial charge in [-0.15, -0.1) is 0 Å². The van der Waals surface area contributed by atoms with Crippen molar-refractivity contribution in [2.45, 2.75) is 39.0 Å². The quantitative estimate of drug-likeness (QED) is 0.188. The molecule has 0 heterocycles. The van der Waals surface area contributed by atoms with Gasteiger partial charge >= 0.3 is 0 Å². The Hall–Kier alpha value is -0.770. The van der Waals surface area contributed by atoms with E-state index in [0.29, 0.717) is 12.3 Å². The van der Waals surface area contributed by atoms with Gasteiger partial charge < -0.3 is 16.3 Å². The molecule has 1 aliphatic rings. The topological polar surface area (TPSA) is 70.6 Å². The lowest BCUT2D eigenvalue weighted by Crippen LogP contribution is -2.23. The molecule has 0 aliphatic heterocycles. The van der Waals surface area contributed by atoms with Crippen LogP contribution in [0.1, 0.15) is 39.0 Å². The van der Waals surface area contributed by atoms with Crippen molar-refractivity contribution in [1.29, 1.82) is 0 Å². The van der Waals surface area contributed by atoms with Gasteiger partial charge in [0.1, 0.15) is 5.84 Å². The second-order valence-corrected chi connectivity index (χ2v) is 4.57. The van der Waals surface area contributed by atoms with Crippen LogP contribution < -0.4 is 11.1 Å². The summed E-state index contributed by atoms with van der Waals surface area (Å²) in [5.41, 5.74) is 5.36. The first-order valence-electron chi connectivity index (χ1n) is 5.91. The number of nitrogens with zero attached hydrogens (tertiary/aromatic N) is 1. The molecule has 1 aliphatic carbocycles. The molecular weight excluding hydrogens is 190 g/mol. The molecule has 1 fully saturated rings. The van der Waals surface area contributed by atoms with E-state index in [0.717, 1.165) is 37.8 Å². The number of oxime groups is 1. The van der Waals surface area contributed by atoms with Crippen molar-refractivity contribution in [2.24, 2.45) is 22.7 Å². The van der Waals surface area contributed by atoms with E-state index in [-0.39, 0.29) is 0 Å². The highest BCUT2D eigenvalue weighted by Crippen LogP contribution is 2.35. The Morgan fingerprint density at radius 1 is 1.53 bits per heavy atom. The Balaban J connectivity index is 1.84. The summed E-state index contributed by atoms with van der Waals surface area (Å²) in [6.07, 6.45) is 5.61. The first kappa shape index (κ1) is 12.3. The second kappa shape index (κ2) is 6.67. The Labute approximate surface area is 91.9 Å². The third-order valence-corrected chi connectivity index (χ3v) is 3.06. The Kier molecular flexibility index (Phi) is 5.47. The summed E-state index contributed by atoms with van der Waals surface area (Å²) in [6.45, 7) is 4.49. The SMILES string of the molecule is CC(CNCCCCC(N)=NO)C1CC1. The van der Waals surface area contributed by atoms with E-state index >= 15 is 0 Å². The van der Waals surface area contributed by atoms with Crippen molar-refractivity contribution in [1.82, 2.24) is 5.32 Å². The Morgan fingerprint density at radius 3 is 2.87 bits per heavy atom. The van der Waals surface area contributed by atoms with Gasteiger partial charge in [0, 0.05) is 6.42 Å². The summed E-state index contributed by atoms with van der Waals surface area (Å²) >= 11 is 0. The molecule has 15 heavy (non-hydrogen) atoms. The molecule has 0 aromatic carbocycles. The average Bonchev–Trinajstić information content (AvgIpc) is 3.05. The molecule has 0 bridgehead atoms. The van der Waals surface area contributed by atoms with Crippen LogP contribution in [-0.2, 0) is 0 Å². The molecule has 0 radical (unpaired) electrons. The van der Waals surface area contributed by atoms with Crippen LogP contribution in [0.5, 0.6) is 0 Å². The van der Waals surface area contributed by atoms with Crippen LogP contribution in [0, 0.1) is 11.8 Å². The van der Waals surface area contributed by atoms with Crippen molar-refractivity contribution in [3.63, 3.8) is 0 Å². The van der Waals surface area contributed by atoms with Crippen LogP contribution >= 0.6 is 0 Å². The van der Waals surface area contributed by atoms with E-state index in [4.69, 9.17) is 10.9 Å². The zero-order valence-electron chi connectivity index (χ0n) is 9.58. The molecular formula is C11H23N3O. The molecule has 0 aromatic heterocycles. The highest BCUT2D eigenvalue weighted by Gasteiger charge is 2.27. The van der Waals surface area contributed by atoms with Crippen molar-refractivity contribution in [3.05, 3.63) is 0 Å². The third kappa shape index (κ3) is 5.62. The fraction of sp³-hybridized carbons (Fsp3) is 0.909. The number of nitrogens with two attached hydrogens (primary N) is 1. The van der Waals surface area contributed by atoms with Gasteiger partial charge in [0.15, 0.2) is 0 Å². The highest BCUT2D eigenvalue weighted by molar-refractivity contribution is 5.79. The van der Waals surface area contributed by atoms with Gasteiger partial charge in [-0.25, -0.2) is 0 Å². The minimum Gasteiger partial charge on any atom is -0.409 e. The zero-order chi connectivity index (χ0) is 11.1. The van der Waals surface area contributed by atoms with Crippen molar-refractivity contribution < 1.29 is 5.21 Å². The predicted octanol–water partition coefficient (Wildman–Crippen LogP) is 1.54. The maximum atomic E-state index is 8.33. The standard InChI is InChI=1S/C11H23N3O/c1-9(10-5-6-10)8-13-7-3-2-4-11(12)14-15/h9-10,13,15H,2-8H2,1H3,(H2,12,14). The van der Waals surface area contributed by atoms with Crippen LogP contribution in [0.2, 0.25) is 0 Å². The first-order valence-corrected chi connectivity index (χ1v) is 5.91. The molecule has 4 N–H and O–H groups in total. The largest absolute Gasteiger partial charge is 0.409 e. The van der Waals surface area contributed by atoms with Crippen LogP contribution in [0.15, 0.2) is 5.16 Å². The van der Waals surface area contributed by atoms with Gasteiger partial charge in [0.2, 0.25) is 0 Å². The average molecular weight is 213 g/mol. The summed E-state index contributed by atoms with van der Waals surface area (Å²) < 4.78 is 0. The van der Waals surface area contributed by atoms with Gasteiger partial charge in [-0.3, -0.25) is 0 Å². The first-order chi connectivity index (χ1) is 7.24. The number of amidine groups is 1. The van der Waals surface area contributed by atoms with E-state index < -0.39 is 0 Å². The minimum atomic E-state index is 0.335. The molecule has 0 saturated heterocycles. The number of unbranched alkanes of at least 4 members (excludes halogenated alkanes) is 1. The van der Waals surface area contributed by atoms with Crippen molar-refractivity contribution >= 4 is 5.84 Å². The molecule has 1 atom stereocenters. The Morgan fingerprint density at radius 2 is 2.27 bits per heavy atom. The molecule has 0 spiro atoms. The van der Waals surface area contributed by atoms with Gasteiger partial charge in [0.25, 0.3) is 0 Å². The van der Waals surface area contributed by atoms with Gasteiger partial charge in [-0.05, 0) is 50.6 Å². The molecule has 4 heteroatoms. The van der Waals surface area contributed by atoms with Crippen molar-refractivity contribution in [3.8, 4) is 0 Å². The summed E-state index contributed by atoms with van der Waals surface area (Å²) in [4.78, 5) is 0. The summed E-state index contributed by atoms with van der Waals surface area (Å²) in [7, 11) is 0. The fourth-order valence-electron chi connectivity index (χ4n) is 1.77. The molecule has 0 amide bonds. The maximum absolute atomic E-state index is 8.33. The highest BCUT2D eigenvalue weighted by atomic mass is 16.4. The van der Waals surface area contributed by atoms with Gasteiger partial charge in [0.05, 0.1) is 0 Å². The molecule has 88 valence electrons. The number of nitrogens with one attached hydrogen (secondary N) is 1. The monoisotopic (exact) mass is 213 g/mol. The normalized spacial score (nSPS) is 19.1. The van der Waals surface area contributed by atoms with Crippen LogP contribution in [0.25, 0.3) is 0 Å². The minimum absolute atomic E-state index is 0.335. The van der Waals surface area contributed by atoms with Crippen LogP contribution in [0.3, 0.4) is 0 Å². The molecule has 4 nitrogen and oxygen atoms in total. The van der Waals surface area contributed by atoms with Gasteiger partial charge in [-0.1, -0.05) is 12.1 Å². The number of rotatable bonds is 8. The lowest BCUT2D eigenvalue weighted by Gasteiger charge is -2.10. The van der Waals surface area contributed by atoms with Gasteiger partial charge in [-0.2, -0.15) is 0 Å². The van der Waals surface area contributed by atoms with E-state index in [2.05, 4.69) is 17.4 Å². The second-order valence-electron chi connectivity index (χ2n) is 4.57. The smallest absolute Gasteiger partial charge is 0.139 e. The summed E-state index contributed by atoms with van der Waals surface area (Å²) in [5, 5.41) is 14.7. The Bertz CT molecular complexity index is 202. The molecule has 1 saturated carbocycles. The molecule has 1 unspecified atom stereocenters. The molecule has 0 aromatic rings. The zero-order valence-corrected chi connectivity index (χ0v) is 9.58. The third-order valence-electron chi connectivity index (χ3n) is 3.06. The predicted molar refractivity (Wildman–Crippen MR) is 62.0 cm³/mol. The van der Waals surface area contributed by atoms with E-state index in [1.807, 2.05) is 0 Å². The van der Waals surface area contributed by atoms with Crippen molar-refractivity contribution in [2.75, 3.05) is 13.1 Å². The number of hydrogen-bond acceptors (Lipinski definition) is 3. The van der Waals surface area contributed by atoms with Crippen LogP contribution in [-0.4, -0.2) is 24.1 Å². The molecule has 1 rings (SSSR count). The lowest BCUT2D eigenvalue weighted by molar-refractivity contribution is 0.316. The summed E-state index contributed by atoms with van der Waals surface area (Å²) in [5.74, 6) is 2.14. The van der Waals surface area contributed by atoms with Crippen LogP contribution in [0.4, 0.5) is 0 Å². The lowest BCUT2D eigenvalue weighted by atomic mass is 10.1. The number of hydrogen-bond donors (Lipinski definition) is 3.